The molecular weight excluding hydrogens is 298 g/mol. The van der Waals surface area contributed by atoms with Crippen LogP contribution >= 0.6 is 11.3 Å². The van der Waals surface area contributed by atoms with Crippen molar-refractivity contribution in [3.05, 3.63) is 50.6 Å². The Morgan fingerprint density at radius 3 is 2.50 bits per heavy atom. The minimum Gasteiger partial charge on any atom is -0.324 e. The summed E-state index contributed by atoms with van der Waals surface area (Å²) in [5, 5.41) is 1.59. The number of aromatic nitrogens is 1. The average Bonchev–Trinajstić information content (AvgIpc) is 2.82. The molecule has 0 aliphatic heterocycles. The van der Waals surface area contributed by atoms with E-state index >= 15 is 0 Å². The fourth-order valence-corrected chi connectivity index (χ4v) is 3.20. The molecule has 6 nitrogen and oxygen atoms in total. The summed E-state index contributed by atoms with van der Waals surface area (Å²) in [5.41, 5.74) is 7.12. The zero-order chi connectivity index (χ0) is 14.8. The lowest BCUT2D eigenvalue weighted by Crippen LogP contribution is -2.23. The summed E-state index contributed by atoms with van der Waals surface area (Å²) < 4.78 is 26.6. The molecule has 0 spiro atoms. The Morgan fingerprint density at radius 2 is 2.00 bits per heavy atom. The molecule has 1 aromatic carbocycles. The van der Waals surface area contributed by atoms with Crippen LogP contribution in [-0.4, -0.2) is 13.4 Å². The lowest BCUT2D eigenvalue weighted by molar-refractivity contribution is 0.580. The second-order valence-corrected chi connectivity index (χ2v) is 6.96. The third-order valence-electron chi connectivity index (χ3n) is 2.74. The number of rotatable bonds is 5. The largest absolute Gasteiger partial charge is 0.324 e. The first-order chi connectivity index (χ1) is 9.38. The molecule has 8 heteroatoms. The van der Waals surface area contributed by atoms with Crippen molar-refractivity contribution < 1.29 is 8.42 Å². The van der Waals surface area contributed by atoms with Crippen molar-refractivity contribution in [2.75, 3.05) is 0 Å². The van der Waals surface area contributed by atoms with Crippen LogP contribution in [0.3, 0.4) is 0 Å². The van der Waals surface area contributed by atoms with Gasteiger partial charge in [0.25, 0.3) is 0 Å². The number of H-pyrrole nitrogens is 1. The fourth-order valence-electron chi connectivity index (χ4n) is 1.61. The molecule has 2 aromatic rings. The second-order valence-electron chi connectivity index (χ2n) is 4.36. The summed E-state index contributed by atoms with van der Waals surface area (Å²) >= 11 is 0.996. The molecular formula is C12H15N3O3S2. The minimum absolute atomic E-state index is 0.0517. The Labute approximate surface area is 120 Å². The molecule has 0 aliphatic carbocycles. The van der Waals surface area contributed by atoms with Crippen LogP contribution < -0.4 is 15.3 Å². The Bertz CT molecular complexity index is 730. The number of sulfonamides is 1. The van der Waals surface area contributed by atoms with Gasteiger partial charge in [-0.15, -0.1) is 0 Å². The van der Waals surface area contributed by atoms with Crippen molar-refractivity contribution in [3.8, 4) is 0 Å². The molecule has 1 aromatic heterocycles. The summed E-state index contributed by atoms with van der Waals surface area (Å²) in [5.74, 6) is 0. The normalized spacial score (nSPS) is 13.3. The molecule has 0 aliphatic rings. The van der Waals surface area contributed by atoms with E-state index < -0.39 is 10.0 Å². The topological polar surface area (TPSA) is 105 Å². The monoisotopic (exact) mass is 313 g/mol. The highest BCUT2D eigenvalue weighted by atomic mass is 32.2. The fraction of sp³-hybridized carbons (Fsp3) is 0.250. The second kappa shape index (κ2) is 5.88. The average molecular weight is 313 g/mol. The van der Waals surface area contributed by atoms with Crippen LogP contribution in [0.15, 0.2) is 39.3 Å². The highest BCUT2D eigenvalue weighted by Crippen LogP contribution is 2.14. The van der Waals surface area contributed by atoms with Gasteiger partial charge in [0.1, 0.15) is 0 Å². The maximum atomic E-state index is 12.1. The van der Waals surface area contributed by atoms with Crippen molar-refractivity contribution in [1.29, 1.82) is 0 Å². The van der Waals surface area contributed by atoms with Gasteiger partial charge in [-0.05, 0) is 24.6 Å². The summed E-state index contributed by atoms with van der Waals surface area (Å²) in [4.78, 5) is 13.5. The maximum Gasteiger partial charge on any atom is 0.304 e. The van der Waals surface area contributed by atoms with Gasteiger partial charge in [-0.3, -0.25) is 4.79 Å². The van der Waals surface area contributed by atoms with Crippen molar-refractivity contribution in [3.63, 3.8) is 0 Å². The molecule has 0 saturated heterocycles. The van der Waals surface area contributed by atoms with E-state index in [0.717, 1.165) is 16.9 Å². The van der Waals surface area contributed by atoms with E-state index in [-0.39, 0.29) is 22.4 Å². The van der Waals surface area contributed by atoms with Gasteiger partial charge in [0.2, 0.25) is 10.0 Å². The number of benzene rings is 1. The first-order valence-electron chi connectivity index (χ1n) is 5.90. The molecule has 0 bridgehead atoms. The predicted molar refractivity (Wildman–Crippen MR) is 78.0 cm³/mol. The third kappa shape index (κ3) is 3.54. The highest BCUT2D eigenvalue weighted by Gasteiger charge is 2.14. The molecule has 1 heterocycles. The SMILES string of the molecule is CC(N)c1ccc(S(=O)(=O)NCc2csc(=O)[nH]2)cc1. The van der Waals surface area contributed by atoms with Gasteiger partial charge in [-0.25, -0.2) is 13.1 Å². The van der Waals surface area contributed by atoms with E-state index in [0.29, 0.717) is 5.69 Å². The molecule has 0 amide bonds. The smallest absolute Gasteiger partial charge is 0.304 e. The zero-order valence-electron chi connectivity index (χ0n) is 10.8. The quantitative estimate of drug-likeness (QED) is 0.763. The van der Waals surface area contributed by atoms with Crippen LogP contribution in [0.2, 0.25) is 0 Å². The van der Waals surface area contributed by atoms with Crippen molar-refractivity contribution >= 4 is 21.4 Å². The summed E-state index contributed by atoms with van der Waals surface area (Å²) in [6, 6.07) is 6.25. The van der Waals surface area contributed by atoms with Crippen molar-refractivity contribution in [2.45, 2.75) is 24.4 Å². The number of nitrogens with two attached hydrogens (primary N) is 1. The van der Waals surface area contributed by atoms with Gasteiger partial charge in [0.15, 0.2) is 0 Å². The molecule has 0 fully saturated rings. The standard InChI is InChI=1S/C12H15N3O3S2/c1-8(13)9-2-4-11(5-3-9)20(17,18)14-6-10-7-19-12(16)15-10/h2-5,7-8,14H,6,13H2,1H3,(H,15,16). The van der Waals surface area contributed by atoms with Gasteiger partial charge in [-0.2, -0.15) is 0 Å². The number of nitrogens with one attached hydrogen (secondary N) is 2. The third-order valence-corrected chi connectivity index (χ3v) is 4.88. The Kier molecular flexibility index (Phi) is 4.39. The van der Waals surface area contributed by atoms with Gasteiger partial charge in [0, 0.05) is 17.1 Å². The number of thiazole rings is 1. The van der Waals surface area contributed by atoms with Crippen molar-refractivity contribution in [2.24, 2.45) is 5.73 Å². The summed E-state index contributed by atoms with van der Waals surface area (Å²) in [6.45, 7) is 1.88. The lowest BCUT2D eigenvalue weighted by Gasteiger charge is -2.08. The molecule has 4 N–H and O–H groups in total. The lowest BCUT2D eigenvalue weighted by atomic mass is 10.1. The van der Waals surface area contributed by atoms with E-state index in [1.54, 1.807) is 17.5 Å². The van der Waals surface area contributed by atoms with Gasteiger partial charge in [0.05, 0.1) is 11.4 Å². The van der Waals surface area contributed by atoms with Gasteiger partial charge >= 0.3 is 4.87 Å². The van der Waals surface area contributed by atoms with Gasteiger partial charge in [-0.1, -0.05) is 23.5 Å². The van der Waals surface area contributed by atoms with Crippen molar-refractivity contribution in [1.82, 2.24) is 9.71 Å². The molecule has 1 unspecified atom stereocenters. The number of hydrogen-bond acceptors (Lipinski definition) is 5. The molecule has 2 rings (SSSR count). The summed E-state index contributed by atoms with van der Waals surface area (Å²) in [6.07, 6.45) is 0. The Balaban J connectivity index is 2.11. The predicted octanol–water partition coefficient (Wildman–Crippen LogP) is 0.935. The maximum absolute atomic E-state index is 12.1. The van der Waals surface area contributed by atoms with E-state index in [1.165, 1.54) is 12.1 Å². The van der Waals surface area contributed by atoms with E-state index in [9.17, 15) is 13.2 Å². The van der Waals surface area contributed by atoms with E-state index in [1.807, 2.05) is 6.92 Å². The molecule has 0 saturated carbocycles. The molecule has 20 heavy (non-hydrogen) atoms. The molecule has 108 valence electrons. The van der Waals surface area contributed by atoms with Crippen LogP contribution in [0.5, 0.6) is 0 Å². The highest BCUT2D eigenvalue weighted by molar-refractivity contribution is 7.89. The van der Waals surface area contributed by atoms with Gasteiger partial charge < -0.3 is 10.7 Å². The minimum atomic E-state index is -3.60. The summed E-state index contributed by atoms with van der Waals surface area (Å²) in [7, 11) is -3.60. The molecule has 0 radical (unpaired) electrons. The first-order valence-corrected chi connectivity index (χ1v) is 8.26. The molecule has 1 atom stereocenters. The van der Waals surface area contributed by atoms with Crippen LogP contribution in [0.4, 0.5) is 0 Å². The van der Waals surface area contributed by atoms with Crippen LogP contribution in [0.25, 0.3) is 0 Å². The first kappa shape index (κ1) is 14.9. The van der Waals surface area contributed by atoms with Crippen LogP contribution in [0.1, 0.15) is 24.2 Å². The number of aromatic amines is 1. The van der Waals surface area contributed by atoms with Crippen LogP contribution in [-0.2, 0) is 16.6 Å². The zero-order valence-corrected chi connectivity index (χ0v) is 12.4. The Hall–Kier alpha value is -1.48. The Morgan fingerprint density at radius 1 is 1.35 bits per heavy atom. The number of hydrogen-bond donors (Lipinski definition) is 3. The van der Waals surface area contributed by atoms with E-state index in [2.05, 4.69) is 9.71 Å². The van der Waals surface area contributed by atoms with E-state index in [4.69, 9.17) is 5.73 Å². The van der Waals surface area contributed by atoms with Crippen LogP contribution in [0, 0.1) is 0 Å².